The third kappa shape index (κ3) is 5.03. The van der Waals surface area contributed by atoms with E-state index >= 15 is 0 Å². The average Bonchev–Trinajstić information content (AvgIpc) is 2.85. The number of aromatic nitrogens is 2. The number of fused-ring (bicyclic) bond motifs is 1. The highest BCUT2D eigenvalue weighted by Crippen LogP contribution is 2.31. The summed E-state index contributed by atoms with van der Waals surface area (Å²) in [5.41, 5.74) is 2.37. The zero-order chi connectivity index (χ0) is 23.2. The van der Waals surface area contributed by atoms with E-state index in [0.29, 0.717) is 39.6 Å². The number of benzene rings is 2. The van der Waals surface area contributed by atoms with Crippen molar-refractivity contribution in [2.45, 2.75) is 0 Å². The Hall–Kier alpha value is -4.96. The Morgan fingerprint density at radius 1 is 0.970 bits per heavy atom. The van der Waals surface area contributed by atoms with Gasteiger partial charge >= 0.3 is 0 Å². The van der Waals surface area contributed by atoms with E-state index in [1.165, 1.54) is 12.3 Å². The van der Waals surface area contributed by atoms with Crippen LogP contribution in [0.25, 0.3) is 10.9 Å². The lowest BCUT2D eigenvalue weighted by molar-refractivity contribution is -0.111. The summed E-state index contributed by atoms with van der Waals surface area (Å²) < 4.78 is 6.02. The van der Waals surface area contributed by atoms with Gasteiger partial charge in [-0.05, 0) is 66.7 Å². The SMILES string of the molecule is C#Cc1ccnc(NC(=O)c2ccc(Oc3ccnc4ccc(NC(=O)C=C)cc34)cc2)c1. The van der Waals surface area contributed by atoms with Crippen LogP contribution in [0.2, 0.25) is 0 Å². The summed E-state index contributed by atoms with van der Waals surface area (Å²) in [5, 5.41) is 6.16. The molecule has 0 saturated heterocycles. The number of amides is 2. The second-order valence-corrected chi connectivity index (χ2v) is 6.89. The van der Waals surface area contributed by atoms with Gasteiger partial charge in [-0.2, -0.15) is 0 Å². The summed E-state index contributed by atoms with van der Waals surface area (Å²) in [6.07, 6.45) is 9.75. The van der Waals surface area contributed by atoms with E-state index in [0.717, 1.165) is 5.39 Å². The summed E-state index contributed by atoms with van der Waals surface area (Å²) in [5.74, 6) is 3.34. The Morgan fingerprint density at radius 2 is 1.76 bits per heavy atom. The van der Waals surface area contributed by atoms with Crippen LogP contribution in [0, 0.1) is 12.3 Å². The van der Waals surface area contributed by atoms with Gasteiger partial charge in [-0.1, -0.05) is 12.5 Å². The molecule has 0 unspecified atom stereocenters. The van der Waals surface area contributed by atoms with Crippen LogP contribution in [-0.2, 0) is 4.79 Å². The van der Waals surface area contributed by atoms with Crippen molar-refractivity contribution in [2.24, 2.45) is 0 Å². The first-order valence-electron chi connectivity index (χ1n) is 9.90. The highest BCUT2D eigenvalue weighted by Gasteiger charge is 2.10. The van der Waals surface area contributed by atoms with Crippen LogP contribution < -0.4 is 15.4 Å². The molecule has 2 amide bonds. The normalized spacial score (nSPS) is 10.2. The zero-order valence-electron chi connectivity index (χ0n) is 17.4. The highest BCUT2D eigenvalue weighted by atomic mass is 16.5. The van der Waals surface area contributed by atoms with Crippen molar-refractivity contribution in [3.8, 4) is 23.8 Å². The first-order valence-corrected chi connectivity index (χ1v) is 9.90. The van der Waals surface area contributed by atoms with Gasteiger partial charge < -0.3 is 15.4 Å². The smallest absolute Gasteiger partial charge is 0.256 e. The summed E-state index contributed by atoms with van der Waals surface area (Å²) in [6, 6.07) is 17.0. The van der Waals surface area contributed by atoms with Gasteiger partial charge in [-0.15, -0.1) is 6.42 Å². The van der Waals surface area contributed by atoms with Crippen LogP contribution >= 0.6 is 0 Å². The number of nitrogens with one attached hydrogen (secondary N) is 2. The number of anilines is 2. The highest BCUT2D eigenvalue weighted by molar-refractivity contribution is 6.04. The van der Waals surface area contributed by atoms with Gasteiger partial charge in [-0.3, -0.25) is 14.6 Å². The number of carbonyl (C=O) groups excluding carboxylic acids is 2. The zero-order valence-corrected chi connectivity index (χ0v) is 17.4. The molecule has 0 spiro atoms. The molecular weight excluding hydrogens is 416 g/mol. The van der Waals surface area contributed by atoms with E-state index in [1.54, 1.807) is 66.9 Å². The standard InChI is InChI=1S/C26H18N4O3/c1-3-17-11-13-28-24(15-17)30-26(32)18-5-8-20(9-6-18)33-23-12-14-27-22-10-7-19(16-21(22)23)29-25(31)4-2/h1,4-16H,2H2,(H,29,31)(H,28,30,32). The quantitative estimate of drug-likeness (QED) is 0.337. The molecule has 7 heteroatoms. The largest absolute Gasteiger partial charge is 0.457 e. The van der Waals surface area contributed by atoms with Gasteiger partial charge in [0.25, 0.3) is 5.91 Å². The number of rotatable bonds is 6. The monoisotopic (exact) mass is 434 g/mol. The van der Waals surface area contributed by atoms with Gasteiger partial charge in [-0.25, -0.2) is 4.98 Å². The maximum Gasteiger partial charge on any atom is 0.256 e. The molecule has 0 saturated carbocycles. The van der Waals surface area contributed by atoms with Crippen molar-refractivity contribution in [1.82, 2.24) is 9.97 Å². The molecule has 160 valence electrons. The summed E-state index contributed by atoms with van der Waals surface area (Å²) in [4.78, 5) is 32.5. The Kier molecular flexibility index (Phi) is 6.10. The predicted molar refractivity (Wildman–Crippen MR) is 127 cm³/mol. The number of nitrogens with zero attached hydrogens (tertiary/aromatic N) is 2. The van der Waals surface area contributed by atoms with E-state index in [4.69, 9.17) is 11.2 Å². The molecule has 4 rings (SSSR count). The molecule has 7 nitrogen and oxygen atoms in total. The Morgan fingerprint density at radius 3 is 2.52 bits per heavy atom. The molecule has 2 heterocycles. The molecular formula is C26H18N4O3. The Labute approximate surface area is 190 Å². The molecule has 33 heavy (non-hydrogen) atoms. The van der Waals surface area contributed by atoms with Gasteiger partial charge in [0, 0.05) is 34.6 Å². The number of carbonyl (C=O) groups is 2. The number of pyridine rings is 2. The third-order valence-corrected chi connectivity index (χ3v) is 4.67. The van der Waals surface area contributed by atoms with Crippen LogP contribution in [0.5, 0.6) is 11.5 Å². The van der Waals surface area contributed by atoms with Crippen molar-refractivity contribution in [1.29, 1.82) is 0 Å². The fraction of sp³-hybridized carbons (Fsp3) is 0. The first kappa shape index (κ1) is 21.3. The molecule has 0 aliphatic rings. The summed E-state index contributed by atoms with van der Waals surface area (Å²) in [7, 11) is 0. The van der Waals surface area contributed by atoms with Crippen molar-refractivity contribution < 1.29 is 14.3 Å². The van der Waals surface area contributed by atoms with Crippen molar-refractivity contribution in [2.75, 3.05) is 10.6 Å². The van der Waals surface area contributed by atoms with Gasteiger partial charge in [0.05, 0.1) is 5.52 Å². The van der Waals surface area contributed by atoms with Gasteiger partial charge in [0.2, 0.25) is 5.91 Å². The molecule has 2 N–H and O–H groups in total. The van der Waals surface area contributed by atoms with E-state index in [9.17, 15) is 9.59 Å². The second kappa shape index (κ2) is 9.45. The lowest BCUT2D eigenvalue weighted by atomic mass is 10.1. The minimum absolute atomic E-state index is 0.309. The van der Waals surface area contributed by atoms with E-state index in [1.807, 2.05) is 0 Å². The predicted octanol–water partition coefficient (Wildman–Crippen LogP) is 4.78. The minimum Gasteiger partial charge on any atom is -0.457 e. The van der Waals surface area contributed by atoms with Crippen LogP contribution in [0.3, 0.4) is 0 Å². The topological polar surface area (TPSA) is 93.2 Å². The maximum absolute atomic E-state index is 12.5. The van der Waals surface area contributed by atoms with E-state index in [2.05, 4.69) is 33.1 Å². The third-order valence-electron chi connectivity index (χ3n) is 4.67. The molecule has 2 aromatic heterocycles. The Balaban J connectivity index is 1.52. The Bertz CT molecular complexity index is 1410. The lowest BCUT2D eigenvalue weighted by Crippen LogP contribution is -2.12. The lowest BCUT2D eigenvalue weighted by Gasteiger charge is -2.11. The number of hydrogen-bond donors (Lipinski definition) is 2. The van der Waals surface area contributed by atoms with E-state index < -0.39 is 0 Å². The summed E-state index contributed by atoms with van der Waals surface area (Å²) in [6.45, 7) is 3.45. The van der Waals surface area contributed by atoms with Crippen molar-refractivity contribution in [3.05, 3.63) is 96.8 Å². The first-order chi connectivity index (χ1) is 16.1. The second-order valence-electron chi connectivity index (χ2n) is 6.89. The van der Waals surface area contributed by atoms with E-state index in [-0.39, 0.29) is 11.8 Å². The maximum atomic E-state index is 12.5. The van der Waals surface area contributed by atoms with Gasteiger partial charge in [0.15, 0.2) is 0 Å². The number of ether oxygens (including phenoxy) is 1. The molecule has 0 radical (unpaired) electrons. The van der Waals surface area contributed by atoms with Crippen LogP contribution in [0.1, 0.15) is 15.9 Å². The number of hydrogen-bond acceptors (Lipinski definition) is 5. The minimum atomic E-state index is -0.319. The molecule has 0 atom stereocenters. The molecule has 0 bridgehead atoms. The van der Waals surface area contributed by atoms with Gasteiger partial charge in [0.1, 0.15) is 17.3 Å². The molecule has 2 aromatic carbocycles. The average molecular weight is 434 g/mol. The van der Waals surface area contributed by atoms with Crippen LogP contribution in [0.15, 0.2) is 85.7 Å². The molecule has 0 aliphatic carbocycles. The molecule has 0 aliphatic heterocycles. The fourth-order valence-electron chi connectivity index (χ4n) is 3.06. The fourth-order valence-corrected chi connectivity index (χ4v) is 3.06. The molecule has 4 aromatic rings. The van der Waals surface area contributed by atoms with Crippen LogP contribution in [-0.4, -0.2) is 21.8 Å². The van der Waals surface area contributed by atoms with Crippen molar-refractivity contribution in [3.63, 3.8) is 0 Å². The number of terminal acetylenes is 1. The van der Waals surface area contributed by atoms with Crippen molar-refractivity contribution >= 4 is 34.2 Å². The van der Waals surface area contributed by atoms with Crippen LogP contribution in [0.4, 0.5) is 11.5 Å². The summed E-state index contributed by atoms with van der Waals surface area (Å²) >= 11 is 0. The molecule has 0 fully saturated rings.